The van der Waals surface area contributed by atoms with Gasteiger partial charge in [0.15, 0.2) is 5.13 Å². The number of amides is 1. The molecule has 132 valence electrons. The van der Waals surface area contributed by atoms with E-state index in [2.05, 4.69) is 4.98 Å². The lowest BCUT2D eigenvalue weighted by Gasteiger charge is -2.18. The minimum atomic E-state index is -0.0740. The zero-order chi connectivity index (χ0) is 18.1. The average Bonchev–Trinajstić information content (AvgIpc) is 3.34. The smallest absolute Gasteiger partial charge is 0.234 e. The van der Waals surface area contributed by atoms with Crippen molar-refractivity contribution in [2.75, 3.05) is 4.90 Å². The number of halogens is 2. The molecule has 4 aromatic rings. The fourth-order valence-corrected chi connectivity index (χ4v) is 4.89. The number of aromatic nitrogens is 1. The number of rotatable bonds is 5. The summed E-state index contributed by atoms with van der Waals surface area (Å²) in [6, 6.07) is 12.9. The van der Waals surface area contributed by atoms with E-state index in [-0.39, 0.29) is 12.3 Å². The summed E-state index contributed by atoms with van der Waals surface area (Å²) in [7, 11) is 0. The van der Waals surface area contributed by atoms with Crippen LogP contribution in [-0.2, 0) is 17.8 Å². The number of hydrogen-bond donors (Lipinski definition) is 0. The topological polar surface area (TPSA) is 46.3 Å². The fraction of sp³-hybridized carbons (Fsp3) is 0.111. The molecule has 0 bridgehead atoms. The van der Waals surface area contributed by atoms with Gasteiger partial charge in [0.2, 0.25) is 5.91 Å². The number of nitrogens with zero attached hydrogens (tertiary/aromatic N) is 2. The molecule has 26 heavy (non-hydrogen) atoms. The van der Waals surface area contributed by atoms with Crippen LogP contribution >= 0.6 is 45.9 Å². The minimum Gasteiger partial charge on any atom is -0.467 e. The highest BCUT2D eigenvalue weighted by Gasteiger charge is 2.22. The summed E-state index contributed by atoms with van der Waals surface area (Å²) in [6.07, 6.45) is 1.84. The molecular formula is C18H12Cl2N2O2S2. The summed E-state index contributed by atoms with van der Waals surface area (Å²) in [5, 5.41) is 1.16. The van der Waals surface area contributed by atoms with Crippen LogP contribution in [0.5, 0.6) is 0 Å². The predicted octanol–water partition coefficient (Wildman–Crippen LogP) is 6.03. The lowest BCUT2D eigenvalue weighted by molar-refractivity contribution is -0.118. The Hall–Kier alpha value is -1.86. The SMILES string of the molecule is O=C(Cc1ccc(Cl)s1)N(Cc1ccco1)c1nc2c(Cl)cccc2s1. The Morgan fingerprint density at radius 3 is 2.69 bits per heavy atom. The maximum atomic E-state index is 13.0. The number of benzene rings is 1. The first-order chi connectivity index (χ1) is 12.6. The number of carbonyl (C=O) groups excluding carboxylic acids is 1. The van der Waals surface area contributed by atoms with Crippen LogP contribution in [0.1, 0.15) is 10.6 Å². The van der Waals surface area contributed by atoms with Gasteiger partial charge in [0.05, 0.1) is 33.3 Å². The normalized spacial score (nSPS) is 11.2. The molecule has 0 radical (unpaired) electrons. The third-order valence-corrected chi connectivity index (χ3v) is 6.32. The van der Waals surface area contributed by atoms with E-state index in [0.29, 0.717) is 32.3 Å². The van der Waals surface area contributed by atoms with Crippen LogP contribution in [0.15, 0.2) is 53.1 Å². The summed E-state index contributed by atoms with van der Waals surface area (Å²) < 4.78 is 7.02. The molecule has 0 spiro atoms. The number of thiazole rings is 1. The van der Waals surface area contributed by atoms with Crippen LogP contribution in [0, 0.1) is 0 Å². The van der Waals surface area contributed by atoms with Crippen LogP contribution in [-0.4, -0.2) is 10.9 Å². The Labute approximate surface area is 167 Å². The van der Waals surface area contributed by atoms with Crippen molar-refractivity contribution >= 4 is 67.1 Å². The Kier molecular flexibility index (Phi) is 5.00. The minimum absolute atomic E-state index is 0.0740. The first-order valence-electron chi connectivity index (χ1n) is 7.72. The Bertz CT molecular complexity index is 1060. The summed E-state index contributed by atoms with van der Waals surface area (Å²) in [5.74, 6) is 0.614. The largest absolute Gasteiger partial charge is 0.467 e. The summed E-state index contributed by atoms with van der Waals surface area (Å²) in [4.78, 5) is 20.1. The van der Waals surface area contributed by atoms with E-state index in [1.54, 1.807) is 29.4 Å². The second-order valence-corrected chi connectivity index (χ2v) is 8.74. The summed E-state index contributed by atoms with van der Waals surface area (Å²) >= 11 is 15.1. The number of hydrogen-bond acceptors (Lipinski definition) is 5. The molecule has 0 saturated heterocycles. The van der Waals surface area contributed by atoms with E-state index in [1.807, 2.05) is 24.3 Å². The van der Waals surface area contributed by atoms with Crippen molar-refractivity contribution in [1.82, 2.24) is 4.98 Å². The molecule has 1 aromatic carbocycles. The maximum Gasteiger partial charge on any atom is 0.234 e. The number of anilines is 1. The van der Waals surface area contributed by atoms with Crippen molar-refractivity contribution in [3.8, 4) is 0 Å². The van der Waals surface area contributed by atoms with Gasteiger partial charge in [-0.05, 0) is 36.4 Å². The van der Waals surface area contributed by atoms with E-state index in [0.717, 1.165) is 9.58 Å². The van der Waals surface area contributed by atoms with Gasteiger partial charge >= 0.3 is 0 Å². The zero-order valence-corrected chi connectivity index (χ0v) is 16.5. The molecule has 4 nitrogen and oxygen atoms in total. The molecule has 8 heteroatoms. The molecule has 0 aliphatic heterocycles. The monoisotopic (exact) mass is 422 g/mol. The van der Waals surface area contributed by atoms with Crippen LogP contribution in [0.3, 0.4) is 0 Å². The van der Waals surface area contributed by atoms with Gasteiger partial charge in [-0.1, -0.05) is 40.6 Å². The van der Waals surface area contributed by atoms with Gasteiger partial charge < -0.3 is 4.42 Å². The summed E-state index contributed by atoms with van der Waals surface area (Å²) in [5.41, 5.74) is 0.700. The molecule has 1 amide bonds. The first kappa shape index (κ1) is 17.5. The van der Waals surface area contributed by atoms with Crippen molar-refractivity contribution in [2.45, 2.75) is 13.0 Å². The second kappa shape index (κ2) is 7.40. The number of para-hydroxylation sites is 1. The summed E-state index contributed by atoms with van der Waals surface area (Å²) in [6.45, 7) is 0.308. The van der Waals surface area contributed by atoms with Crippen molar-refractivity contribution in [2.24, 2.45) is 0 Å². The van der Waals surface area contributed by atoms with Crippen molar-refractivity contribution < 1.29 is 9.21 Å². The Morgan fingerprint density at radius 2 is 2.00 bits per heavy atom. The number of carbonyl (C=O) groups is 1. The first-order valence-corrected chi connectivity index (χ1v) is 10.1. The molecular weight excluding hydrogens is 411 g/mol. The lowest BCUT2D eigenvalue weighted by Crippen LogP contribution is -2.31. The number of thiophene rings is 1. The van der Waals surface area contributed by atoms with Crippen molar-refractivity contribution in [3.05, 3.63) is 68.7 Å². The molecule has 0 atom stereocenters. The molecule has 4 rings (SSSR count). The Balaban J connectivity index is 1.69. The van der Waals surface area contributed by atoms with E-state index >= 15 is 0 Å². The zero-order valence-electron chi connectivity index (χ0n) is 13.3. The van der Waals surface area contributed by atoms with Crippen LogP contribution < -0.4 is 4.90 Å². The lowest BCUT2D eigenvalue weighted by atomic mass is 10.3. The van der Waals surface area contributed by atoms with E-state index in [9.17, 15) is 4.79 Å². The molecule has 0 unspecified atom stereocenters. The predicted molar refractivity (Wildman–Crippen MR) is 108 cm³/mol. The van der Waals surface area contributed by atoms with Gasteiger partial charge in [-0.15, -0.1) is 11.3 Å². The second-order valence-electron chi connectivity index (χ2n) is 5.52. The van der Waals surface area contributed by atoms with Gasteiger partial charge in [-0.2, -0.15) is 0 Å². The average molecular weight is 423 g/mol. The highest BCUT2D eigenvalue weighted by atomic mass is 35.5. The van der Waals surface area contributed by atoms with Gasteiger partial charge in [-0.25, -0.2) is 4.98 Å². The highest BCUT2D eigenvalue weighted by Crippen LogP contribution is 2.34. The molecule has 3 heterocycles. The van der Waals surface area contributed by atoms with Gasteiger partial charge in [0, 0.05) is 4.88 Å². The highest BCUT2D eigenvalue weighted by molar-refractivity contribution is 7.22. The van der Waals surface area contributed by atoms with Gasteiger partial charge in [0.1, 0.15) is 11.3 Å². The molecule has 0 aliphatic carbocycles. The molecule has 0 saturated carbocycles. The van der Waals surface area contributed by atoms with E-state index in [4.69, 9.17) is 27.6 Å². The standard InChI is InChI=1S/C18H12Cl2N2O2S2/c19-13-4-1-5-14-17(13)21-18(26-14)22(10-11-3-2-8-24-11)16(23)9-12-6-7-15(20)25-12/h1-8H,9-10H2. The van der Waals surface area contributed by atoms with E-state index < -0.39 is 0 Å². The third kappa shape index (κ3) is 3.64. The van der Waals surface area contributed by atoms with Gasteiger partial charge in [-0.3, -0.25) is 9.69 Å². The van der Waals surface area contributed by atoms with Crippen LogP contribution in [0.25, 0.3) is 10.2 Å². The molecule has 0 aliphatic rings. The molecule has 0 fully saturated rings. The fourth-order valence-electron chi connectivity index (χ4n) is 2.53. The maximum absolute atomic E-state index is 13.0. The van der Waals surface area contributed by atoms with Crippen molar-refractivity contribution in [3.63, 3.8) is 0 Å². The van der Waals surface area contributed by atoms with Crippen molar-refractivity contribution in [1.29, 1.82) is 0 Å². The molecule has 0 N–H and O–H groups in total. The van der Waals surface area contributed by atoms with Crippen LogP contribution in [0.4, 0.5) is 5.13 Å². The number of fused-ring (bicyclic) bond motifs is 1. The Morgan fingerprint density at radius 1 is 1.12 bits per heavy atom. The number of furan rings is 1. The molecule has 3 aromatic heterocycles. The van der Waals surface area contributed by atoms with E-state index in [1.165, 1.54) is 22.7 Å². The van der Waals surface area contributed by atoms with Crippen LogP contribution in [0.2, 0.25) is 9.36 Å². The van der Waals surface area contributed by atoms with Gasteiger partial charge in [0.25, 0.3) is 0 Å². The third-order valence-electron chi connectivity index (χ3n) is 3.74. The quantitative estimate of drug-likeness (QED) is 0.394.